The largest absolute Gasteiger partial charge is 0.449 e. The highest BCUT2D eigenvalue weighted by Gasteiger charge is 2.20. The van der Waals surface area contributed by atoms with Crippen LogP contribution in [0.4, 0.5) is 5.69 Å². The number of pyridine rings is 1. The Bertz CT molecular complexity index is 832. The molecule has 8 heteroatoms. The Morgan fingerprint density at radius 2 is 1.81 bits per heavy atom. The second-order valence-electron chi connectivity index (χ2n) is 5.95. The Hall–Kier alpha value is -2.93. The van der Waals surface area contributed by atoms with Gasteiger partial charge in [-0.05, 0) is 44.0 Å². The van der Waals surface area contributed by atoms with Gasteiger partial charge in [0.05, 0.1) is 12.1 Å². The summed E-state index contributed by atoms with van der Waals surface area (Å²) in [6.07, 6.45) is 0.189. The molecule has 2 N–H and O–H groups in total. The summed E-state index contributed by atoms with van der Waals surface area (Å²) < 4.78 is 5.06. The van der Waals surface area contributed by atoms with Gasteiger partial charge in [-0.3, -0.25) is 9.59 Å². The van der Waals surface area contributed by atoms with Crippen LogP contribution in [-0.2, 0) is 14.3 Å². The molecule has 27 heavy (non-hydrogen) atoms. The first-order valence-corrected chi connectivity index (χ1v) is 8.62. The number of esters is 1. The minimum Gasteiger partial charge on any atom is -0.449 e. The maximum absolute atomic E-state index is 12.1. The van der Waals surface area contributed by atoms with Crippen LogP contribution in [0.3, 0.4) is 0 Å². The molecule has 0 aliphatic heterocycles. The lowest BCUT2D eigenvalue weighted by molar-refractivity contribution is -0.130. The molecule has 0 spiro atoms. The van der Waals surface area contributed by atoms with E-state index < -0.39 is 18.0 Å². The fraction of sp³-hybridized carbons (Fsp3) is 0.263. The average Bonchev–Trinajstić information content (AvgIpc) is 2.63. The van der Waals surface area contributed by atoms with Gasteiger partial charge in [0, 0.05) is 11.9 Å². The van der Waals surface area contributed by atoms with Crippen molar-refractivity contribution in [2.45, 2.75) is 26.9 Å². The number of nitrogens with zero attached hydrogens (tertiary/aromatic N) is 1. The maximum atomic E-state index is 12.1. The zero-order valence-corrected chi connectivity index (χ0v) is 16.0. The molecule has 0 radical (unpaired) electrons. The molecule has 1 atom stereocenters. The number of hydrogen-bond donors (Lipinski definition) is 2. The molecule has 0 saturated heterocycles. The third-order valence-electron chi connectivity index (χ3n) is 3.78. The average molecular weight is 390 g/mol. The normalized spacial score (nSPS) is 11.4. The van der Waals surface area contributed by atoms with Gasteiger partial charge >= 0.3 is 5.97 Å². The van der Waals surface area contributed by atoms with Gasteiger partial charge in [0.1, 0.15) is 5.15 Å². The highest BCUT2D eigenvalue weighted by atomic mass is 35.5. The molecule has 142 valence electrons. The zero-order chi connectivity index (χ0) is 20.0. The van der Waals surface area contributed by atoms with Crippen molar-refractivity contribution in [2.75, 3.05) is 11.9 Å². The molecule has 0 aliphatic carbocycles. The second-order valence-corrected chi connectivity index (χ2v) is 6.34. The summed E-state index contributed by atoms with van der Waals surface area (Å²) in [5, 5.41) is 5.45. The quantitative estimate of drug-likeness (QED) is 0.584. The van der Waals surface area contributed by atoms with Crippen LogP contribution in [-0.4, -0.2) is 35.4 Å². The highest BCUT2D eigenvalue weighted by molar-refractivity contribution is 6.29. The number of aryl methyl sites for hydroxylation is 2. The van der Waals surface area contributed by atoms with Crippen LogP contribution in [0.25, 0.3) is 0 Å². The number of carbonyl (C=O) groups is 3. The molecule has 0 saturated carbocycles. The summed E-state index contributed by atoms with van der Waals surface area (Å²) in [6.45, 7) is 4.94. The van der Waals surface area contributed by atoms with E-state index in [0.717, 1.165) is 11.1 Å². The molecule has 2 amide bonds. The highest BCUT2D eigenvalue weighted by Crippen LogP contribution is 2.19. The Labute approximate surface area is 162 Å². The summed E-state index contributed by atoms with van der Waals surface area (Å²) in [5.41, 5.74) is 2.74. The summed E-state index contributed by atoms with van der Waals surface area (Å²) >= 11 is 5.66. The van der Waals surface area contributed by atoms with E-state index in [1.807, 2.05) is 32.0 Å². The molecule has 1 heterocycles. The monoisotopic (exact) mass is 389 g/mol. The van der Waals surface area contributed by atoms with Gasteiger partial charge in [0.25, 0.3) is 5.91 Å². The first kappa shape index (κ1) is 20.4. The van der Waals surface area contributed by atoms with Gasteiger partial charge in [0.2, 0.25) is 5.91 Å². The molecule has 1 unspecified atom stereocenters. The number of nitrogens with one attached hydrogen (secondary N) is 2. The standard InChI is InChI=1S/C19H20ClN3O4/c1-11-5-4-6-12(2)17(11)23-16(24)10-22-18(25)13(3)27-19(26)14-7-8-15(20)21-9-14/h4-9,13H,10H2,1-3H3,(H,22,25)(H,23,24). The molecule has 1 aromatic heterocycles. The van der Waals surface area contributed by atoms with Gasteiger partial charge in [0.15, 0.2) is 6.10 Å². The van der Waals surface area contributed by atoms with Gasteiger partial charge < -0.3 is 15.4 Å². The number of ether oxygens (including phenoxy) is 1. The number of benzene rings is 1. The van der Waals surface area contributed by atoms with Crippen molar-refractivity contribution >= 4 is 35.1 Å². The number of carbonyl (C=O) groups excluding carboxylic acids is 3. The van der Waals surface area contributed by atoms with Gasteiger partial charge in [-0.15, -0.1) is 0 Å². The van der Waals surface area contributed by atoms with Crippen molar-refractivity contribution < 1.29 is 19.1 Å². The summed E-state index contributed by atoms with van der Waals surface area (Å²) in [4.78, 5) is 39.9. The fourth-order valence-electron chi connectivity index (χ4n) is 2.29. The SMILES string of the molecule is Cc1cccc(C)c1NC(=O)CNC(=O)C(C)OC(=O)c1ccc(Cl)nc1. The van der Waals surface area contributed by atoms with Crippen LogP contribution in [0, 0.1) is 13.8 Å². The molecule has 0 aliphatic rings. The van der Waals surface area contributed by atoms with Crippen LogP contribution >= 0.6 is 11.6 Å². The van der Waals surface area contributed by atoms with E-state index in [1.165, 1.54) is 25.3 Å². The molecular weight excluding hydrogens is 370 g/mol. The van der Waals surface area contributed by atoms with Crippen LogP contribution < -0.4 is 10.6 Å². The number of anilines is 1. The van der Waals surface area contributed by atoms with Crippen LogP contribution in [0.2, 0.25) is 5.15 Å². The van der Waals surface area contributed by atoms with E-state index in [1.54, 1.807) is 0 Å². The number of hydrogen-bond acceptors (Lipinski definition) is 5. The van der Waals surface area contributed by atoms with E-state index in [0.29, 0.717) is 5.69 Å². The summed E-state index contributed by atoms with van der Waals surface area (Å²) in [6, 6.07) is 8.55. The molecular formula is C19H20ClN3O4. The summed E-state index contributed by atoms with van der Waals surface area (Å²) in [5.74, 6) is -1.66. The Balaban J connectivity index is 1.84. The minimum absolute atomic E-state index is 0.173. The van der Waals surface area contributed by atoms with E-state index >= 15 is 0 Å². The number of rotatable bonds is 6. The van der Waals surface area contributed by atoms with Crippen molar-refractivity contribution in [3.63, 3.8) is 0 Å². The third-order valence-corrected chi connectivity index (χ3v) is 4.01. The van der Waals surface area contributed by atoms with Crippen LogP contribution in [0.15, 0.2) is 36.5 Å². The van der Waals surface area contributed by atoms with Crippen molar-refractivity contribution in [3.05, 3.63) is 58.4 Å². The number of aromatic nitrogens is 1. The predicted octanol–water partition coefficient (Wildman–Crippen LogP) is 2.65. The van der Waals surface area contributed by atoms with Crippen molar-refractivity contribution in [2.24, 2.45) is 0 Å². The first-order chi connectivity index (χ1) is 12.8. The Morgan fingerprint density at radius 3 is 2.41 bits per heavy atom. The molecule has 2 aromatic rings. The number of halogens is 1. The van der Waals surface area contributed by atoms with Crippen molar-refractivity contribution in [3.8, 4) is 0 Å². The minimum atomic E-state index is -1.07. The number of para-hydroxylation sites is 1. The van der Waals surface area contributed by atoms with E-state index in [2.05, 4.69) is 15.6 Å². The second kappa shape index (κ2) is 9.14. The van der Waals surface area contributed by atoms with Gasteiger partial charge in [-0.1, -0.05) is 29.8 Å². The van der Waals surface area contributed by atoms with Crippen molar-refractivity contribution in [1.29, 1.82) is 0 Å². The fourth-order valence-corrected chi connectivity index (χ4v) is 2.40. The molecule has 0 fully saturated rings. The molecule has 2 rings (SSSR count). The number of amides is 2. The molecule has 7 nitrogen and oxygen atoms in total. The predicted molar refractivity (Wildman–Crippen MR) is 102 cm³/mol. The Morgan fingerprint density at radius 1 is 1.15 bits per heavy atom. The lowest BCUT2D eigenvalue weighted by atomic mass is 10.1. The lowest BCUT2D eigenvalue weighted by Crippen LogP contribution is -2.40. The summed E-state index contributed by atoms with van der Waals surface area (Å²) in [7, 11) is 0. The molecule has 0 bridgehead atoms. The zero-order valence-electron chi connectivity index (χ0n) is 15.2. The molecule has 1 aromatic carbocycles. The maximum Gasteiger partial charge on any atom is 0.340 e. The van der Waals surface area contributed by atoms with Gasteiger partial charge in [-0.2, -0.15) is 0 Å². The van der Waals surface area contributed by atoms with Crippen molar-refractivity contribution in [1.82, 2.24) is 10.3 Å². The Kier molecular flexibility index (Phi) is 6.90. The van der Waals surface area contributed by atoms with E-state index in [9.17, 15) is 14.4 Å². The smallest absolute Gasteiger partial charge is 0.340 e. The third kappa shape index (κ3) is 5.79. The first-order valence-electron chi connectivity index (χ1n) is 8.24. The van der Waals surface area contributed by atoms with Crippen LogP contribution in [0.1, 0.15) is 28.4 Å². The topological polar surface area (TPSA) is 97.4 Å². The van der Waals surface area contributed by atoms with E-state index in [4.69, 9.17) is 16.3 Å². The van der Waals surface area contributed by atoms with E-state index in [-0.39, 0.29) is 23.2 Å². The van der Waals surface area contributed by atoms with Gasteiger partial charge in [-0.25, -0.2) is 9.78 Å². The lowest BCUT2D eigenvalue weighted by Gasteiger charge is -2.14. The van der Waals surface area contributed by atoms with Crippen LogP contribution in [0.5, 0.6) is 0 Å².